The van der Waals surface area contributed by atoms with E-state index in [9.17, 15) is 8.42 Å². The quantitative estimate of drug-likeness (QED) is 0.816. The summed E-state index contributed by atoms with van der Waals surface area (Å²) >= 11 is 1.88. The third-order valence-electron chi connectivity index (χ3n) is 4.60. The largest absolute Gasteiger partial charge is 0.371 e. The maximum Gasteiger partial charge on any atom is 0.217 e. The van der Waals surface area contributed by atoms with Gasteiger partial charge in [-0.2, -0.15) is 4.31 Å². The zero-order valence-corrected chi connectivity index (χ0v) is 14.0. The lowest BCUT2D eigenvalue weighted by Gasteiger charge is -2.46. The molecule has 0 unspecified atom stereocenters. The fourth-order valence-corrected chi connectivity index (χ4v) is 6.89. The minimum atomic E-state index is -3.00. The van der Waals surface area contributed by atoms with Gasteiger partial charge in [0.05, 0.1) is 23.7 Å². The molecule has 1 aromatic rings. The van der Waals surface area contributed by atoms with Crippen LogP contribution < -0.4 is 0 Å². The van der Waals surface area contributed by atoms with E-state index in [4.69, 9.17) is 4.74 Å². The molecule has 1 spiro atoms. The molecule has 3 fully saturated rings. The van der Waals surface area contributed by atoms with Gasteiger partial charge in [-0.05, 0) is 31.4 Å². The molecule has 5 nitrogen and oxygen atoms in total. The lowest BCUT2D eigenvalue weighted by molar-refractivity contribution is 0.0380. The number of nitrogens with zero attached hydrogens (tertiary/aromatic N) is 2. The average Bonchev–Trinajstić information content (AvgIpc) is 3.25. The van der Waals surface area contributed by atoms with Crippen LogP contribution in [0.15, 0.2) is 24.4 Å². The first-order valence-corrected chi connectivity index (χ1v) is 10.2. The summed E-state index contributed by atoms with van der Waals surface area (Å²) in [5.41, 5.74) is 0.944. The van der Waals surface area contributed by atoms with Gasteiger partial charge in [0.1, 0.15) is 0 Å². The highest BCUT2D eigenvalue weighted by molar-refractivity contribution is 8.01. The van der Waals surface area contributed by atoms with Crippen molar-refractivity contribution in [2.75, 3.05) is 18.8 Å². The highest BCUT2D eigenvalue weighted by Crippen LogP contribution is 2.48. The number of hydrogen-bond acceptors (Lipinski definition) is 5. The zero-order valence-electron chi connectivity index (χ0n) is 12.3. The summed E-state index contributed by atoms with van der Waals surface area (Å²) in [5.74, 6) is 0.949. The van der Waals surface area contributed by atoms with Crippen molar-refractivity contribution in [1.29, 1.82) is 0 Å². The third-order valence-corrected chi connectivity index (χ3v) is 8.47. The normalized spacial score (nSPS) is 27.9. The Bertz CT molecular complexity index is 640. The minimum absolute atomic E-state index is 0.0903. The van der Waals surface area contributed by atoms with Crippen molar-refractivity contribution in [2.24, 2.45) is 0 Å². The Labute approximate surface area is 135 Å². The molecule has 0 aromatic carbocycles. The van der Waals surface area contributed by atoms with E-state index in [2.05, 4.69) is 4.98 Å². The number of aromatic nitrogens is 1. The summed E-state index contributed by atoms with van der Waals surface area (Å²) in [6.45, 7) is 1.87. The molecule has 2 saturated heterocycles. The number of pyridine rings is 1. The van der Waals surface area contributed by atoms with Crippen LogP contribution in [0.1, 0.15) is 25.0 Å². The maximum atomic E-state index is 12.2. The van der Waals surface area contributed by atoms with Crippen molar-refractivity contribution in [3.63, 3.8) is 0 Å². The molecule has 0 bridgehead atoms. The molecule has 1 aromatic heterocycles. The molecule has 0 N–H and O–H groups in total. The Morgan fingerprint density at radius 1 is 1.36 bits per heavy atom. The minimum Gasteiger partial charge on any atom is -0.371 e. The van der Waals surface area contributed by atoms with Crippen LogP contribution >= 0.6 is 11.8 Å². The Morgan fingerprint density at radius 2 is 2.18 bits per heavy atom. The SMILES string of the molecule is O=S(=O)(C1CC1)N1CC2(C[C@@H](OCc3ccccn3)CS2)C1. The van der Waals surface area contributed by atoms with Crippen molar-refractivity contribution in [1.82, 2.24) is 9.29 Å². The van der Waals surface area contributed by atoms with E-state index in [0.29, 0.717) is 19.7 Å². The smallest absolute Gasteiger partial charge is 0.217 e. The van der Waals surface area contributed by atoms with Gasteiger partial charge in [-0.3, -0.25) is 4.98 Å². The maximum absolute atomic E-state index is 12.2. The molecule has 22 heavy (non-hydrogen) atoms. The lowest BCUT2D eigenvalue weighted by Crippen LogP contribution is -2.61. The van der Waals surface area contributed by atoms with Gasteiger partial charge in [-0.1, -0.05) is 6.07 Å². The van der Waals surface area contributed by atoms with Crippen molar-refractivity contribution >= 4 is 21.8 Å². The third kappa shape index (κ3) is 2.79. The standard InChI is InChI=1S/C15H20N2O3S2/c18-22(19,14-4-5-14)17-10-15(11-17)7-13(9-21-15)20-8-12-3-1-2-6-16-12/h1-3,6,13-14H,4-5,7-11H2/t13-/m1/s1. The van der Waals surface area contributed by atoms with Gasteiger partial charge in [0.2, 0.25) is 10.0 Å². The second-order valence-electron chi connectivity index (χ2n) is 6.46. The van der Waals surface area contributed by atoms with Crippen LogP contribution in [0, 0.1) is 0 Å². The van der Waals surface area contributed by atoms with Gasteiger partial charge in [0.25, 0.3) is 0 Å². The van der Waals surface area contributed by atoms with Crippen LogP contribution in [0.25, 0.3) is 0 Å². The highest BCUT2D eigenvalue weighted by Gasteiger charge is 2.55. The van der Waals surface area contributed by atoms with E-state index in [1.165, 1.54) is 0 Å². The Morgan fingerprint density at radius 3 is 2.86 bits per heavy atom. The molecule has 3 aliphatic rings. The molecule has 0 radical (unpaired) electrons. The monoisotopic (exact) mass is 340 g/mol. The van der Waals surface area contributed by atoms with Gasteiger partial charge >= 0.3 is 0 Å². The lowest BCUT2D eigenvalue weighted by atomic mass is 9.95. The number of thioether (sulfide) groups is 1. The van der Waals surface area contributed by atoms with Crippen LogP contribution in [-0.2, 0) is 21.4 Å². The summed E-state index contributed by atoms with van der Waals surface area (Å²) in [4.78, 5) is 4.26. The van der Waals surface area contributed by atoms with Crippen LogP contribution in [0.4, 0.5) is 0 Å². The zero-order chi connectivity index (χ0) is 15.2. The van der Waals surface area contributed by atoms with E-state index in [1.807, 2.05) is 30.0 Å². The topological polar surface area (TPSA) is 59.5 Å². The molecule has 120 valence electrons. The summed E-state index contributed by atoms with van der Waals surface area (Å²) in [7, 11) is -3.00. The molecular formula is C15H20N2O3S2. The first-order valence-electron chi connectivity index (χ1n) is 7.72. The van der Waals surface area contributed by atoms with Crippen LogP contribution in [0.2, 0.25) is 0 Å². The molecule has 2 aliphatic heterocycles. The first kappa shape index (κ1) is 14.9. The molecular weight excluding hydrogens is 320 g/mol. The van der Waals surface area contributed by atoms with E-state index in [-0.39, 0.29) is 16.1 Å². The predicted octanol–water partition coefficient (Wildman–Crippen LogP) is 1.65. The molecule has 1 saturated carbocycles. The van der Waals surface area contributed by atoms with Crippen LogP contribution in [0.5, 0.6) is 0 Å². The van der Waals surface area contributed by atoms with Crippen molar-refractivity contribution in [3.05, 3.63) is 30.1 Å². The fourth-order valence-electron chi connectivity index (χ4n) is 3.17. The second-order valence-corrected chi connectivity index (χ2v) is 10.2. The summed E-state index contributed by atoms with van der Waals surface area (Å²) in [6.07, 6.45) is 4.61. The Hall–Kier alpha value is -0.630. The molecule has 3 heterocycles. The van der Waals surface area contributed by atoms with E-state index < -0.39 is 10.0 Å². The van der Waals surface area contributed by atoms with Gasteiger partial charge < -0.3 is 4.74 Å². The van der Waals surface area contributed by atoms with Crippen molar-refractivity contribution in [3.8, 4) is 0 Å². The number of ether oxygens (including phenoxy) is 1. The van der Waals surface area contributed by atoms with Crippen molar-refractivity contribution in [2.45, 2.75) is 42.0 Å². The number of hydrogen-bond donors (Lipinski definition) is 0. The van der Waals surface area contributed by atoms with Gasteiger partial charge in [0.15, 0.2) is 0 Å². The molecule has 1 aliphatic carbocycles. The number of sulfonamides is 1. The molecule has 1 atom stereocenters. The van der Waals surface area contributed by atoms with Crippen molar-refractivity contribution < 1.29 is 13.2 Å². The Kier molecular flexibility index (Phi) is 3.71. The van der Waals surface area contributed by atoms with Gasteiger partial charge in [0, 0.05) is 29.8 Å². The van der Waals surface area contributed by atoms with E-state index in [0.717, 1.165) is 30.7 Å². The molecule has 7 heteroatoms. The van der Waals surface area contributed by atoms with Crippen LogP contribution in [0.3, 0.4) is 0 Å². The van der Waals surface area contributed by atoms with Gasteiger partial charge in [-0.25, -0.2) is 8.42 Å². The van der Waals surface area contributed by atoms with Crippen LogP contribution in [-0.4, -0.2) is 52.7 Å². The average molecular weight is 340 g/mol. The highest BCUT2D eigenvalue weighted by atomic mass is 32.2. The summed E-state index contributed by atoms with van der Waals surface area (Å²) < 4.78 is 32.1. The summed E-state index contributed by atoms with van der Waals surface area (Å²) in [6, 6.07) is 5.82. The fraction of sp³-hybridized carbons (Fsp3) is 0.667. The summed E-state index contributed by atoms with van der Waals surface area (Å²) in [5, 5.41) is -0.0903. The molecule has 4 rings (SSSR count). The van der Waals surface area contributed by atoms with E-state index in [1.54, 1.807) is 10.5 Å². The van der Waals surface area contributed by atoms with E-state index >= 15 is 0 Å². The number of rotatable bonds is 5. The molecule has 0 amide bonds. The first-order chi connectivity index (χ1) is 10.6. The predicted molar refractivity (Wildman–Crippen MR) is 86.1 cm³/mol. The second kappa shape index (κ2) is 5.47. The Balaban J connectivity index is 1.29. The van der Waals surface area contributed by atoms with Gasteiger partial charge in [-0.15, -0.1) is 11.8 Å².